The van der Waals surface area contributed by atoms with Gasteiger partial charge in [-0.25, -0.2) is 9.78 Å². The number of aromatic nitrogens is 2. The van der Waals surface area contributed by atoms with Gasteiger partial charge in [0.25, 0.3) is 5.56 Å². The van der Waals surface area contributed by atoms with Gasteiger partial charge in [0.2, 0.25) is 0 Å². The van der Waals surface area contributed by atoms with Crippen LogP contribution >= 0.6 is 0 Å². The molecular formula is C17H22N4O3. The highest BCUT2D eigenvalue weighted by Crippen LogP contribution is 2.11. The van der Waals surface area contributed by atoms with E-state index in [4.69, 9.17) is 4.74 Å². The maximum Gasteiger partial charge on any atom is 0.314 e. The second-order valence-corrected chi connectivity index (χ2v) is 5.34. The van der Waals surface area contributed by atoms with Gasteiger partial charge in [0, 0.05) is 31.4 Å². The van der Waals surface area contributed by atoms with Crippen molar-refractivity contribution in [1.29, 1.82) is 0 Å². The molecule has 1 aromatic heterocycles. The lowest BCUT2D eigenvalue weighted by Crippen LogP contribution is -2.39. The molecule has 2 amide bonds. The second kappa shape index (κ2) is 8.71. The van der Waals surface area contributed by atoms with E-state index in [1.807, 2.05) is 24.3 Å². The van der Waals surface area contributed by atoms with Crippen molar-refractivity contribution >= 4 is 6.03 Å². The van der Waals surface area contributed by atoms with Crippen molar-refractivity contribution in [3.05, 3.63) is 58.3 Å². The average Bonchev–Trinajstić information content (AvgIpc) is 2.57. The first-order valence-electron chi connectivity index (χ1n) is 7.76. The fourth-order valence-electron chi connectivity index (χ4n) is 2.15. The van der Waals surface area contributed by atoms with Crippen molar-refractivity contribution in [1.82, 2.24) is 20.2 Å². The number of benzene rings is 1. The van der Waals surface area contributed by atoms with Crippen LogP contribution in [0.3, 0.4) is 0 Å². The number of amides is 2. The van der Waals surface area contributed by atoms with Crippen LogP contribution in [0.2, 0.25) is 0 Å². The monoisotopic (exact) mass is 330 g/mol. The molecule has 128 valence electrons. The van der Waals surface area contributed by atoms with Crippen LogP contribution in [0.25, 0.3) is 0 Å². The third-order valence-electron chi connectivity index (χ3n) is 3.51. The zero-order chi connectivity index (χ0) is 17.4. The molecule has 0 unspecified atom stereocenters. The minimum atomic E-state index is -0.253. The first kappa shape index (κ1) is 17.5. The Labute approximate surface area is 140 Å². The van der Waals surface area contributed by atoms with E-state index in [2.05, 4.69) is 15.6 Å². The number of nitrogens with zero attached hydrogens (tertiary/aromatic N) is 2. The summed E-state index contributed by atoms with van der Waals surface area (Å²) in [7, 11) is 1.63. The lowest BCUT2D eigenvalue weighted by atomic mass is 10.1. The highest BCUT2D eigenvalue weighted by molar-refractivity contribution is 5.73. The number of hydrogen-bond donors (Lipinski definition) is 2. The summed E-state index contributed by atoms with van der Waals surface area (Å²) in [4.78, 5) is 27.5. The molecule has 0 spiro atoms. The van der Waals surface area contributed by atoms with Crippen molar-refractivity contribution in [3.8, 4) is 5.75 Å². The van der Waals surface area contributed by atoms with E-state index < -0.39 is 0 Å². The Morgan fingerprint density at radius 1 is 1.21 bits per heavy atom. The number of aryl methyl sites for hydroxylation is 1. The van der Waals surface area contributed by atoms with Gasteiger partial charge in [0.15, 0.2) is 0 Å². The van der Waals surface area contributed by atoms with Crippen LogP contribution in [0.15, 0.2) is 41.5 Å². The van der Waals surface area contributed by atoms with Gasteiger partial charge >= 0.3 is 6.03 Å². The Morgan fingerprint density at radius 3 is 2.58 bits per heavy atom. The molecule has 2 N–H and O–H groups in total. The number of carbonyl (C=O) groups excluding carboxylic acids is 1. The predicted molar refractivity (Wildman–Crippen MR) is 91.3 cm³/mol. The molecule has 0 aliphatic carbocycles. The van der Waals surface area contributed by atoms with Crippen LogP contribution < -0.4 is 20.9 Å². The topological polar surface area (TPSA) is 85.2 Å². The highest BCUT2D eigenvalue weighted by atomic mass is 16.5. The number of hydrogen-bond acceptors (Lipinski definition) is 4. The lowest BCUT2D eigenvalue weighted by molar-refractivity contribution is 0.240. The quantitative estimate of drug-likeness (QED) is 0.796. The Kier molecular flexibility index (Phi) is 6.36. The van der Waals surface area contributed by atoms with Gasteiger partial charge in [-0.2, -0.15) is 0 Å². The van der Waals surface area contributed by atoms with Gasteiger partial charge in [0.1, 0.15) is 5.75 Å². The predicted octanol–water partition coefficient (Wildman–Crippen LogP) is 1.10. The minimum absolute atomic E-state index is 0.121. The molecule has 0 aliphatic heterocycles. The zero-order valence-electron chi connectivity index (χ0n) is 13.9. The smallest absolute Gasteiger partial charge is 0.314 e. The van der Waals surface area contributed by atoms with E-state index in [1.165, 1.54) is 17.0 Å². The molecule has 0 saturated heterocycles. The summed E-state index contributed by atoms with van der Waals surface area (Å²) in [5.41, 5.74) is 1.68. The summed E-state index contributed by atoms with van der Waals surface area (Å²) in [6.45, 7) is 3.04. The number of carbonyl (C=O) groups is 1. The fourth-order valence-corrected chi connectivity index (χ4v) is 2.15. The zero-order valence-corrected chi connectivity index (χ0v) is 13.9. The van der Waals surface area contributed by atoms with Gasteiger partial charge in [-0.15, -0.1) is 0 Å². The molecule has 0 radical (unpaired) electrons. The number of nitrogens with one attached hydrogen (secondary N) is 2. The summed E-state index contributed by atoms with van der Waals surface area (Å²) < 4.78 is 6.56. The molecular weight excluding hydrogens is 308 g/mol. The van der Waals surface area contributed by atoms with Crippen LogP contribution in [0.5, 0.6) is 5.75 Å². The normalized spacial score (nSPS) is 10.2. The van der Waals surface area contributed by atoms with Crippen molar-refractivity contribution in [2.24, 2.45) is 0 Å². The highest BCUT2D eigenvalue weighted by Gasteiger charge is 2.01. The molecule has 7 heteroatoms. The van der Waals surface area contributed by atoms with Crippen molar-refractivity contribution < 1.29 is 9.53 Å². The molecule has 0 aliphatic rings. The van der Waals surface area contributed by atoms with Gasteiger partial charge in [-0.1, -0.05) is 12.1 Å². The fraction of sp³-hybridized carbons (Fsp3) is 0.353. The molecule has 24 heavy (non-hydrogen) atoms. The van der Waals surface area contributed by atoms with E-state index in [9.17, 15) is 9.59 Å². The Morgan fingerprint density at radius 2 is 1.92 bits per heavy atom. The van der Waals surface area contributed by atoms with Gasteiger partial charge in [-0.05, 0) is 31.0 Å². The molecule has 7 nitrogen and oxygen atoms in total. The molecule has 0 atom stereocenters. The Hall–Kier alpha value is -2.83. The number of ether oxygens (including phenoxy) is 1. The van der Waals surface area contributed by atoms with Crippen LogP contribution in [-0.4, -0.2) is 35.8 Å². The summed E-state index contributed by atoms with van der Waals surface area (Å²) in [5.74, 6) is 0.810. The van der Waals surface area contributed by atoms with Gasteiger partial charge < -0.3 is 15.4 Å². The maximum atomic E-state index is 11.7. The number of rotatable bonds is 7. The molecule has 0 bridgehead atoms. The molecule has 0 saturated carbocycles. The minimum Gasteiger partial charge on any atom is -0.497 e. The Bertz CT molecular complexity index is 725. The largest absolute Gasteiger partial charge is 0.497 e. The average molecular weight is 330 g/mol. The number of urea groups is 1. The van der Waals surface area contributed by atoms with Crippen molar-refractivity contribution in [2.45, 2.75) is 19.9 Å². The molecule has 1 aromatic carbocycles. The van der Waals surface area contributed by atoms with E-state index in [1.54, 1.807) is 14.0 Å². The maximum absolute atomic E-state index is 11.7. The van der Waals surface area contributed by atoms with E-state index in [0.29, 0.717) is 25.3 Å². The van der Waals surface area contributed by atoms with Crippen molar-refractivity contribution in [3.63, 3.8) is 0 Å². The molecule has 2 rings (SSSR count). The molecule has 0 fully saturated rings. The third-order valence-corrected chi connectivity index (χ3v) is 3.51. The van der Waals surface area contributed by atoms with E-state index in [0.717, 1.165) is 17.7 Å². The summed E-state index contributed by atoms with van der Waals surface area (Å²) in [6.07, 6.45) is 2.22. The van der Waals surface area contributed by atoms with E-state index >= 15 is 0 Å². The summed E-state index contributed by atoms with van der Waals surface area (Å²) in [6, 6.07) is 8.93. The molecule has 2 aromatic rings. The summed E-state index contributed by atoms with van der Waals surface area (Å²) in [5, 5.41) is 5.51. The number of methoxy groups -OCH3 is 1. The molecule has 1 heterocycles. The SMILES string of the molecule is COc1ccc(CCNC(=O)NCCn2cnc(C)cc2=O)cc1. The Balaban J connectivity index is 1.66. The van der Waals surface area contributed by atoms with Crippen LogP contribution in [-0.2, 0) is 13.0 Å². The lowest BCUT2D eigenvalue weighted by Gasteiger charge is -2.09. The van der Waals surface area contributed by atoms with E-state index in [-0.39, 0.29) is 11.6 Å². The summed E-state index contributed by atoms with van der Waals surface area (Å²) >= 11 is 0. The van der Waals surface area contributed by atoms with Crippen molar-refractivity contribution in [2.75, 3.05) is 20.2 Å². The third kappa shape index (κ3) is 5.42. The standard InChI is InChI=1S/C17H22N4O3/c1-13-11-16(22)21(12-20-13)10-9-19-17(23)18-8-7-14-3-5-15(24-2)6-4-14/h3-6,11-12H,7-10H2,1-2H3,(H2,18,19,23). The van der Waals surface area contributed by atoms with Gasteiger partial charge in [0.05, 0.1) is 13.4 Å². The van der Waals surface area contributed by atoms with Gasteiger partial charge in [-0.3, -0.25) is 9.36 Å². The van der Waals surface area contributed by atoms with Crippen LogP contribution in [0.4, 0.5) is 4.79 Å². The second-order valence-electron chi connectivity index (χ2n) is 5.34. The van der Waals surface area contributed by atoms with Crippen LogP contribution in [0, 0.1) is 6.92 Å². The van der Waals surface area contributed by atoms with Crippen LogP contribution in [0.1, 0.15) is 11.3 Å². The first-order chi connectivity index (χ1) is 11.6. The first-order valence-corrected chi connectivity index (χ1v) is 7.76.